The van der Waals surface area contributed by atoms with E-state index in [2.05, 4.69) is 4.74 Å². The van der Waals surface area contributed by atoms with Crippen LogP contribution in [0, 0.1) is 4.91 Å². The van der Waals surface area contributed by atoms with Crippen LogP contribution in [-0.4, -0.2) is 26.3 Å². The number of carbonyl (C=O) groups is 1. The number of methoxy groups -OCH3 is 1. The maximum Gasteiger partial charge on any atom is 0.348 e. The van der Waals surface area contributed by atoms with Crippen molar-refractivity contribution in [2.75, 3.05) is 20.3 Å². The molecule has 7 heteroatoms. The second-order valence-corrected chi connectivity index (χ2v) is 3.64. The van der Waals surface area contributed by atoms with Crippen molar-refractivity contribution in [3.63, 3.8) is 0 Å². The molecule has 17 heavy (non-hydrogen) atoms. The van der Waals surface area contributed by atoms with Crippen molar-refractivity contribution < 1.29 is 24.2 Å². The minimum absolute atomic E-state index is 0.00824. The van der Waals surface area contributed by atoms with Crippen LogP contribution in [-0.2, 0) is 4.74 Å². The number of carbonyl (C=O) groups excluding carboxylic acids is 1. The highest BCUT2D eigenvalue weighted by Crippen LogP contribution is 2.42. The summed E-state index contributed by atoms with van der Waals surface area (Å²) in [6.45, 7) is 0.604. The summed E-state index contributed by atoms with van der Waals surface area (Å²) in [4.78, 5) is 22.4. The van der Waals surface area contributed by atoms with E-state index < -0.39 is 5.97 Å². The molecule has 0 spiro atoms. The van der Waals surface area contributed by atoms with E-state index in [1.54, 1.807) is 5.18 Å². The molecule has 1 heterocycles. The minimum Gasteiger partial charge on any atom is -0.485 e. The average Bonchev–Trinajstić information content (AvgIpc) is 2.37. The standard InChI is InChI=1S/C10H8ClNO5/c1-15-10(13)7-6(12-14)4-5(11)8-9(7)17-3-2-16-8/h4H,2-3H2,1H3/p+1. The third-order valence-corrected chi connectivity index (χ3v) is 2.55. The van der Waals surface area contributed by atoms with Crippen LogP contribution in [0.3, 0.4) is 0 Å². The van der Waals surface area contributed by atoms with Gasteiger partial charge in [-0.05, 0) is 0 Å². The van der Waals surface area contributed by atoms with Crippen LogP contribution < -0.4 is 14.7 Å². The molecule has 0 bridgehead atoms. The highest BCUT2D eigenvalue weighted by molar-refractivity contribution is 6.33. The molecule has 0 atom stereocenters. The smallest absolute Gasteiger partial charge is 0.348 e. The number of nitrogens with one attached hydrogen (secondary N) is 1. The van der Waals surface area contributed by atoms with E-state index in [0.29, 0.717) is 6.61 Å². The van der Waals surface area contributed by atoms with Gasteiger partial charge in [0.25, 0.3) is 5.69 Å². The van der Waals surface area contributed by atoms with E-state index in [-0.39, 0.29) is 34.4 Å². The van der Waals surface area contributed by atoms with Crippen LogP contribution in [0.25, 0.3) is 0 Å². The van der Waals surface area contributed by atoms with E-state index in [1.165, 1.54) is 13.2 Å². The van der Waals surface area contributed by atoms with Gasteiger partial charge in [-0.2, -0.15) is 0 Å². The average molecular weight is 259 g/mol. The Labute approximate surface area is 101 Å². The van der Waals surface area contributed by atoms with Crippen LogP contribution >= 0.6 is 11.6 Å². The molecule has 0 unspecified atom stereocenters. The van der Waals surface area contributed by atoms with Crippen LogP contribution in [0.4, 0.5) is 5.69 Å². The number of benzene rings is 1. The van der Waals surface area contributed by atoms with Crippen molar-refractivity contribution in [1.82, 2.24) is 0 Å². The molecule has 0 radical (unpaired) electrons. The fraction of sp³-hybridized carbons (Fsp3) is 0.300. The Balaban J connectivity index is 2.69. The van der Waals surface area contributed by atoms with Gasteiger partial charge in [0.1, 0.15) is 13.2 Å². The second kappa shape index (κ2) is 4.58. The Hall–Kier alpha value is -1.82. The van der Waals surface area contributed by atoms with E-state index in [1.807, 2.05) is 0 Å². The lowest BCUT2D eigenvalue weighted by atomic mass is 10.1. The summed E-state index contributed by atoms with van der Waals surface area (Å²) in [5, 5.41) is 1.83. The van der Waals surface area contributed by atoms with Gasteiger partial charge in [0.2, 0.25) is 0 Å². The first kappa shape index (κ1) is 11.7. The topological polar surface area (TPSA) is 75.8 Å². The minimum atomic E-state index is -0.693. The van der Waals surface area contributed by atoms with Crippen LogP contribution in [0.5, 0.6) is 11.5 Å². The lowest BCUT2D eigenvalue weighted by Crippen LogP contribution is -2.57. The lowest BCUT2D eigenvalue weighted by Gasteiger charge is -2.20. The van der Waals surface area contributed by atoms with Gasteiger partial charge in [0, 0.05) is 16.2 Å². The summed E-state index contributed by atoms with van der Waals surface area (Å²) in [6.07, 6.45) is 0. The van der Waals surface area contributed by atoms with Gasteiger partial charge in [-0.25, -0.2) is 4.79 Å². The Morgan fingerprint density at radius 3 is 2.65 bits per heavy atom. The summed E-state index contributed by atoms with van der Waals surface area (Å²) >= 11 is 5.91. The fourth-order valence-electron chi connectivity index (χ4n) is 1.55. The maximum atomic E-state index is 11.6. The van der Waals surface area contributed by atoms with E-state index in [0.717, 1.165) is 0 Å². The summed E-state index contributed by atoms with van der Waals surface area (Å²) in [6, 6.07) is 1.30. The maximum absolute atomic E-state index is 11.6. The first-order valence-corrected chi connectivity index (χ1v) is 5.15. The summed E-state index contributed by atoms with van der Waals surface area (Å²) in [5.41, 5.74) is -0.0206. The van der Waals surface area contributed by atoms with Crippen LogP contribution in [0.2, 0.25) is 5.02 Å². The Kier molecular flexibility index (Phi) is 3.14. The molecule has 0 amide bonds. The van der Waals surface area contributed by atoms with Gasteiger partial charge in [0.05, 0.1) is 12.1 Å². The molecule has 0 saturated heterocycles. The van der Waals surface area contributed by atoms with E-state index in [4.69, 9.17) is 21.1 Å². The third-order valence-electron chi connectivity index (χ3n) is 2.27. The predicted molar refractivity (Wildman–Crippen MR) is 57.8 cm³/mol. The van der Waals surface area contributed by atoms with Crippen molar-refractivity contribution in [2.24, 2.45) is 0 Å². The number of halogens is 1. The molecule has 90 valence electrons. The quantitative estimate of drug-likeness (QED) is 0.776. The first-order chi connectivity index (χ1) is 8.19. The van der Waals surface area contributed by atoms with Gasteiger partial charge >= 0.3 is 5.97 Å². The molecule has 1 aromatic rings. The molecular formula is C10H9ClNO5+. The zero-order valence-corrected chi connectivity index (χ0v) is 9.67. The van der Waals surface area contributed by atoms with E-state index in [9.17, 15) is 9.70 Å². The molecule has 0 aromatic heterocycles. The number of ether oxygens (including phenoxy) is 3. The molecular weight excluding hydrogens is 250 g/mol. The highest BCUT2D eigenvalue weighted by atomic mass is 35.5. The van der Waals surface area contributed by atoms with Crippen molar-refractivity contribution in [1.29, 1.82) is 0 Å². The molecule has 1 aliphatic heterocycles. The third kappa shape index (κ3) is 1.91. The Morgan fingerprint density at radius 2 is 2.06 bits per heavy atom. The Morgan fingerprint density at radius 1 is 1.41 bits per heavy atom. The van der Waals surface area contributed by atoms with Crippen LogP contribution in [0.15, 0.2) is 6.07 Å². The van der Waals surface area contributed by atoms with Crippen molar-refractivity contribution in [3.05, 3.63) is 21.6 Å². The van der Waals surface area contributed by atoms with Gasteiger partial charge in [-0.3, -0.25) is 0 Å². The lowest BCUT2D eigenvalue weighted by molar-refractivity contribution is -0.379. The van der Waals surface area contributed by atoms with Crippen molar-refractivity contribution >= 4 is 23.3 Å². The van der Waals surface area contributed by atoms with Gasteiger partial charge in [-0.15, -0.1) is 0 Å². The van der Waals surface area contributed by atoms with Crippen LogP contribution in [0.1, 0.15) is 10.4 Å². The first-order valence-electron chi connectivity index (χ1n) is 4.77. The number of hydrogen-bond donors (Lipinski definition) is 1. The fourth-order valence-corrected chi connectivity index (χ4v) is 1.80. The molecule has 1 aromatic carbocycles. The molecule has 0 aliphatic carbocycles. The summed E-state index contributed by atoms with van der Waals surface area (Å²) < 4.78 is 15.2. The van der Waals surface area contributed by atoms with Gasteiger partial charge in [-0.1, -0.05) is 11.6 Å². The summed E-state index contributed by atoms with van der Waals surface area (Å²) in [7, 11) is 1.21. The number of nitroso groups, excluding NO2 is 1. The number of esters is 1. The number of rotatable bonds is 2. The summed E-state index contributed by atoms with van der Waals surface area (Å²) in [5.74, 6) is -0.312. The van der Waals surface area contributed by atoms with Gasteiger partial charge < -0.3 is 14.2 Å². The molecule has 2 rings (SSSR count). The van der Waals surface area contributed by atoms with E-state index >= 15 is 0 Å². The molecule has 6 nitrogen and oxygen atoms in total. The Bertz CT molecular complexity index is 488. The molecule has 1 aliphatic rings. The number of hydrogen-bond acceptors (Lipinski definition) is 5. The predicted octanol–water partition coefficient (Wildman–Crippen LogP) is 0.376. The highest BCUT2D eigenvalue weighted by Gasteiger charge is 2.31. The van der Waals surface area contributed by atoms with Crippen molar-refractivity contribution in [3.8, 4) is 11.5 Å². The zero-order chi connectivity index (χ0) is 12.4. The van der Waals surface area contributed by atoms with Crippen molar-refractivity contribution in [2.45, 2.75) is 0 Å². The van der Waals surface area contributed by atoms with Gasteiger partial charge in [0.15, 0.2) is 17.1 Å². The molecule has 0 fully saturated rings. The SMILES string of the molecule is COC(=O)c1c([NH+]=O)cc(Cl)c2c1OCCO2. The molecule has 1 N–H and O–H groups in total. The largest absolute Gasteiger partial charge is 0.485 e. The second-order valence-electron chi connectivity index (χ2n) is 3.23. The monoisotopic (exact) mass is 258 g/mol. The number of fused-ring (bicyclic) bond motifs is 1. The zero-order valence-electron chi connectivity index (χ0n) is 8.91. The normalized spacial score (nSPS) is 13.1. The molecule has 0 saturated carbocycles.